The maximum Gasteiger partial charge on any atom is 0.164 e. The van der Waals surface area contributed by atoms with Crippen molar-refractivity contribution in [2.75, 3.05) is 14.2 Å². The normalized spacial score (nSPS) is 19.4. The fourth-order valence-electron chi connectivity index (χ4n) is 4.83. The zero-order valence-corrected chi connectivity index (χ0v) is 16.1. The number of aromatic nitrogens is 1. The highest BCUT2D eigenvalue weighted by atomic mass is 35.5. The predicted octanol–water partition coefficient (Wildman–Crippen LogP) is 5.13. The van der Waals surface area contributed by atoms with Crippen molar-refractivity contribution in [2.45, 2.75) is 24.7 Å². The van der Waals surface area contributed by atoms with E-state index in [2.05, 4.69) is 30.3 Å². The van der Waals surface area contributed by atoms with E-state index in [1.165, 1.54) is 27.8 Å². The number of benzene rings is 2. The molecule has 0 amide bonds. The molecule has 27 heavy (non-hydrogen) atoms. The van der Waals surface area contributed by atoms with Crippen LogP contribution in [0.15, 0.2) is 48.7 Å². The first-order valence-corrected chi connectivity index (χ1v) is 9.56. The van der Waals surface area contributed by atoms with Crippen LogP contribution >= 0.6 is 11.6 Å². The molecule has 3 aromatic rings. The average molecular weight is 378 g/mol. The predicted molar refractivity (Wildman–Crippen MR) is 106 cm³/mol. The van der Waals surface area contributed by atoms with Crippen LogP contribution in [0.4, 0.5) is 0 Å². The van der Waals surface area contributed by atoms with Gasteiger partial charge in [0, 0.05) is 34.2 Å². The van der Waals surface area contributed by atoms with Crippen LogP contribution in [0.25, 0.3) is 0 Å². The van der Waals surface area contributed by atoms with Crippen LogP contribution in [-0.2, 0) is 12.8 Å². The van der Waals surface area contributed by atoms with Gasteiger partial charge in [0.2, 0.25) is 0 Å². The van der Waals surface area contributed by atoms with Crippen molar-refractivity contribution < 1.29 is 9.47 Å². The number of methoxy groups -OCH3 is 2. The first-order valence-electron chi connectivity index (χ1n) is 9.18. The molecule has 6 rings (SSSR count). The molecule has 1 aromatic heterocycles. The number of hydrogen-bond acceptors (Lipinski definition) is 3. The maximum atomic E-state index is 6.68. The molecule has 2 unspecified atom stereocenters. The van der Waals surface area contributed by atoms with Gasteiger partial charge in [-0.2, -0.15) is 0 Å². The van der Waals surface area contributed by atoms with Gasteiger partial charge in [0.05, 0.1) is 19.9 Å². The van der Waals surface area contributed by atoms with Crippen LogP contribution in [0, 0.1) is 0 Å². The van der Waals surface area contributed by atoms with Gasteiger partial charge in [0.25, 0.3) is 0 Å². The largest absolute Gasteiger partial charge is 0.493 e. The molecular weight excluding hydrogens is 358 g/mol. The minimum absolute atomic E-state index is 0.159. The van der Waals surface area contributed by atoms with E-state index in [0.29, 0.717) is 0 Å². The lowest BCUT2D eigenvalue weighted by molar-refractivity contribution is 0.350. The minimum atomic E-state index is 0.159. The smallest absolute Gasteiger partial charge is 0.164 e. The van der Waals surface area contributed by atoms with E-state index in [-0.39, 0.29) is 11.8 Å². The molecule has 4 heteroatoms. The second-order valence-corrected chi connectivity index (χ2v) is 7.58. The average Bonchev–Trinajstić information content (AvgIpc) is 2.68. The summed E-state index contributed by atoms with van der Waals surface area (Å²) in [4.78, 5) is 4.78. The first kappa shape index (κ1) is 16.6. The first-order chi connectivity index (χ1) is 13.2. The number of rotatable bonds is 2. The Morgan fingerprint density at radius 1 is 0.926 bits per heavy atom. The highest BCUT2D eigenvalue weighted by molar-refractivity contribution is 6.31. The van der Waals surface area contributed by atoms with E-state index in [0.717, 1.165) is 35.1 Å². The van der Waals surface area contributed by atoms with E-state index in [1.807, 2.05) is 18.3 Å². The van der Waals surface area contributed by atoms with Crippen molar-refractivity contribution in [1.82, 2.24) is 4.98 Å². The van der Waals surface area contributed by atoms with Crippen LogP contribution in [0.1, 0.15) is 45.3 Å². The van der Waals surface area contributed by atoms with Crippen LogP contribution < -0.4 is 9.47 Å². The fraction of sp³-hybridized carbons (Fsp3) is 0.261. The molecule has 0 radical (unpaired) electrons. The maximum absolute atomic E-state index is 6.68. The molecule has 3 aliphatic rings. The van der Waals surface area contributed by atoms with Crippen molar-refractivity contribution in [3.63, 3.8) is 0 Å². The van der Waals surface area contributed by atoms with E-state index in [4.69, 9.17) is 26.1 Å². The topological polar surface area (TPSA) is 31.4 Å². The van der Waals surface area contributed by atoms with E-state index < -0.39 is 0 Å². The zero-order valence-electron chi connectivity index (χ0n) is 15.3. The molecule has 3 aliphatic carbocycles. The summed E-state index contributed by atoms with van der Waals surface area (Å²) >= 11 is 6.68. The molecule has 0 saturated carbocycles. The summed E-state index contributed by atoms with van der Waals surface area (Å²) in [6.07, 6.45) is 3.52. The Kier molecular flexibility index (Phi) is 3.87. The van der Waals surface area contributed by atoms with Gasteiger partial charge in [0.15, 0.2) is 11.5 Å². The molecule has 0 saturated heterocycles. The van der Waals surface area contributed by atoms with Crippen molar-refractivity contribution in [3.05, 3.63) is 87.2 Å². The third-order valence-electron chi connectivity index (χ3n) is 5.97. The summed E-state index contributed by atoms with van der Waals surface area (Å²) in [6, 6.07) is 14.8. The van der Waals surface area contributed by atoms with E-state index in [9.17, 15) is 0 Å². The quantitative estimate of drug-likeness (QED) is 0.620. The fourth-order valence-corrected chi connectivity index (χ4v) is 5.11. The number of halogens is 1. The second kappa shape index (κ2) is 6.28. The summed E-state index contributed by atoms with van der Waals surface area (Å²) < 4.78 is 11.3. The molecule has 3 nitrogen and oxygen atoms in total. The number of ether oxygens (including phenoxy) is 2. The lowest BCUT2D eigenvalue weighted by Gasteiger charge is -2.37. The van der Waals surface area contributed by atoms with Gasteiger partial charge in [-0.05, 0) is 41.7 Å². The van der Waals surface area contributed by atoms with Crippen molar-refractivity contribution in [3.8, 4) is 11.5 Å². The molecular formula is C23H20ClNO2. The van der Waals surface area contributed by atoms with E-state index in [1.54, 1.807) is 14.2 Å². The van der Waals surface area contributed by atoms with Crippen LogP contribution in [0.2, 0.25) is 5.02 Å². The molecule has 0 fully saturated rings. The Morgan fingerprint density at radius 3 is 2.44 bits per heavy atom. The third kappa shape index (κ3) is 2.38. The summed E-state index contributed by atoms with van der Waals surface area (Å²) in [5.41, 5.74) is 7.51. The van der Waals surface area contributed by atoms with Crippen molar-refractivity contribution >= 4 is 11.6 Å². The van der Waals surface area contributed by atoms with Crippen molar-refractivity contribution in [1.29, 1.82) is 0 Å². The zero-order chi connectivity index (χ0) is 18.5. The molecule has 136 valence electrons. The molecule has 2 atom stereocenters. The Bertz CT molecular complexity index is 1050. The summed E-state index contributed by atoms with van der Waals surface area (Å²) in [5, 5.41) is 0.813. The molecule has 0 spiro atoms. The number of hydrogen-bond donors (Lipinski definition) is 0. The third-order valence-corrected chi connectivity index (χ3v) is 6.30. The molecule has 1 heterocycles. The lowest BCUT2D eigenvalue weighted by atomic mass is 9.68. The number of pyridine rings is 1. The second-order valence-electron chi connectivity index (χ2n) is 7.17. The van der Waals surface area contributed by atoms with Gasteiger partial charge in [-0.15, -0.1) is 0 Å². The Hall–Kier alpha value is -2.52. The summed E-state index contributed by atoms with van der Waals surface area (Å²) in [6.45, 7) is 0. The molecule has 0 aliphatic heterocycles. The van der Waals surface area contributed by atoms with Crippen molar-refractivity contribution in [2.24, 2.45) is 0 Å². The Labute approximate surface area is 163 Å². The molecule has 0 N–H and O–H groups in total. The van der Waals surface area contributed by atoms with Gasteiger partial charge in [-0.25, -0.2) is 0 Å². The van der Waals surface area contributed by atoms with Gasteiger partial charge in [0.1, 0.15) is 0 Å². The van der Waals surface area contributed by atoms with Crippen LogP contribution in [0.5, 0.6) is 11.5 Å². The van der Waals surface area contributed by atoms with Crippen LogP contribution in [0.3, 0.4) is 0 Å². The lowest BCUT2D eigenvalue weighted by Crippen LogP contribution is -2.26. The minimum Gasteiger partial charge on any atom is -0.493 e. The molecule has 2 bridgehead atoms. The van der Waals surface area contributed by atoms with E-state index >= 15 is 0 Å². The summed E-state index contributed by atoms with van der Waals surface area (Å²) in [5.74, 6) is 1.97. The van der Waals surface area contributed by atoms with Gasteiger partial charge in [-0.3, -0.25) is 4.98 Å². The monoisotopic (exact) mass is 377 g/mol. The highest BCUT2D eigenvalue weighted by Gasteiger charge is 2.38. The van der Waals surface area contributed by atoms with Gasteiger partial charge < -0.3 is 9.47 Å². The SMILES string of the molecule is COc1ccc2c(c1OC)CC1c3ccccc3C(C2)c2c(Cl)ccnc21. The van der Waals surface area contributed by atoms with Gasteiger partial charge in [-0.1, -0.05) is 41.9 Å². The standard InChI is InChI=1S/C23H20ClNO2/c1-26-20-8-7-13-11-17-14-5-3-4-6-15(14)18(12-16(13)23(20)27-2)22-21(17)19(24)9-10-25-22/h3-10,17-18H,11-12H2,1-2H3. The number of nitrogens with zero attached hydrogens (tertiary/aromatic N) is 1. The Balaban J connectivity index is 1.79. The Morgan fingerprint density at radius 2 is 1.70 bits per heavy atom. The van der Waals surface area contributed by atoms with Gasteiger partial charge >= 0.3 is 0 Å². The summed E-state index contributed by atoms with van der Waals surface area (Å²) in [7, 11) is 3.40. The van der Waals surface area contributed by atoms with Crippen LogP contribution in [-0.4, -0.2) is 19.2 Å². The highest BCUT2D eigenvalue weighted by Crippen LogP contribution is 2.51. The molecule has 2 aromatic carbocycles.